The Morgan fingerprint density at radius 3 is 2.43 bits per heavy atom. The molecular weight excluding hydrogens is 704 g/mol. The van der Waals surface area contributed by atoms with Gasteiger partial charge in [-0.2, -0.15) is 5.10 Å². The van der Waals surface area contributed by atoms with Gasteiger partial charge in [0.1, 0.15) is 6.29 Å². The van der Waals surface area contributed by atoms with Gasteiger partial charge in [-0.3, -0.25) is 19.6 Å². The number of amides is 2. The molecule has 0 bridgehead atoms. The van der Waals surface area contributed by atoms with E-state index in [0.29, 0.717) is 61.1 Å². The second-order valence-electron chi connectivity index (χ2n) is 14.3. The molecule has 0 spiro atoms. The minimum absolute atomic E-state index is 0.0383. The summed E-state index contributed by atoms with van der Waals surface area (Å²) >= 11 is 6.58. The molecule has 2 saturated heterocycles. The van der Waals surface area contributed by atoms with E-state index in [2.05, 4.69) is 49.6 Å². The smallest absolute Gasteiger partial charge is 0.291 e. The lowest BCUT2D eigenvalue weighted by molar-refractivity contribution is -0.118. The van der Waals surface area contributed by atoms with E-state index < -0.39 is 23.0 Å². The highest BCUT2D eigenvalue weighted by molar-refractivity contribution is 6.34. The number of H-pyrrole nitrogens is 1. The number of halogens is 3. The molecule has 15 heteroatoms. The molecule has 1 atom stereocenters. The molecule has 6 rings (SSSR count). The van der Waals surface area contributed by atoms with E-state index in [1.54, 1.807) is 24.0 Å². The summed E-state index contributed by atoms with van der Waals surface area (Å²) in [6, 6.07) is 7.55. The molecule has 4 aromatic rings. The molecule has 2 fully saturated rings. The van der Waals surface area contributed by atoms with Gasteiger partial charge in [-0.1, -0.05) is 24.6 Å². The van der Waals surface area contributed by atoms with Crippen LogP contribution in [0, 0.1) is 29.9 Å². The summed E-state index contributed by atoms with van der Waals surface area (Å²) in [6.07, 6.45) is 5.48. The summed E-state index contributed by atoms with van der Waals surface area (Å²) in [5.74, 6) is -2.28. The number of aromatic amines is 1. The number of aldehydes is 1. The number of aromatic nitrogens is 4. The molecule has 2 aromatic heterocycles. The van der Waals surface area contributed by atoms with E-state index in [9.17, 15) is 14.4 Å². The number of carbonyl (C=O) groups excluding carboxylic acids is 3. The van der Waals surface area contributed by atoms with Crippen molar-refractivity contribution in [2.45, 2.75) is 26.7 Å². The SMILES string of the molecule is CCC(C=O)(CCN(C)CC1CNC1)CN1CCN(C(=O)c2ccc(NC(=O)c3ncc(-c4ccc(-c5c[nH]nc5C)c(F)c4F)n3C)cc2Cl)CC1. The van der Waals surface area contributed by atoms with Gasteiger partial charge < -0.3 is 29.8 Å². The van der Waals surface area contributed by atoms with Crippen molar-refractivity contribution in [1.29, 1.82) is 0 Å². The minimum atomic E-state index is -1.07. The van der Waals surface area contributed by atoms with Gasteiger partial charge in [0.25, 0.3) is 11.8 Å². The predicted octanol–water partition coefficient (Wildman–Crippen LogP) is 4.86. The number of anilines is 1. The zero-order chi connectivity index (χ0) is 37.9. The van der Waals surface area contributed by atoms with Crippen LogP contribution in [0.4, 0.5) is 14.5 Å². The van der Waals surface area contributed by atoms with Crippen LogP contribution in [0.25, 0.3) is 22.4 Å². The summed E-state index contributed by atoms with van der Waals surface area (Å²) in [4.78, 5) is 49.6. The maximum absolute atomic E-state index is 15.3. The molecule has 2 aromatic carbocycles. The van der Waals surface area contributed by atoms with Crippen molar-refractivity contribution in [2.75, 3.05) is 71.3 Å². The number of hydrogen-bond acceptors (Lipinski definition) is 8. The van der Waals surface area contributed by atoms with Crippen LogP contribution in [0.1, 0.15) is 46.4 Å². The van der Waals surface area contributed by atoms with Crippen LogP contribution >= 0.6 is 11.6 Å². The molecule has 12 nitrogen and oxygen atoms in total. The standard InChI is InChI=1S/C38H46ClF2N9O3/c1-5-38(23-51,10-11-47(3)21-25-17-42-18-25)22-49-12-14-50(15-13-49)37(53)28-7-6-26(16-31(28)39)45-36(52)35-43-20-32(48(35)4)29-9-8-27(33(40)34(29)41)30-19-44-46-24(30)2/h6-9,16,19-20,23,25,42H,5,10-15,17-18,21-22H2,1-4H3,(H,44,46)(H,45,52). The first kappa shape index (κ1) is 38.2. The minimum Gasteiger partial charge on any atom is -0.336 e. The van der Waals surface area contributed by atoms with Gasteiger partial charge >= 0.3 is 0 Å². The molecule has 2 aliphatic rings. The van der Waals surface area contributed by atoms with Gasteiger partial charge in [-0.05, 0) is 63.5 Å². The van der Waals surface area contributed by atoms with E-state index in [-0.39, 0.29) is 33.6 Å². The molecule has 2 amide bonds. The lowest BCUT2D eigenvalue weighted by atomic mass is 9.82. The average molecular weight is 750 g/mol. The summed E-state index contributed by atoms with van der Waals surface area (Å²) in [5.41, 5.74) is 1.41. The van der Waals surface area contributed by atoms with Crippen LogP contribution in [-0.4, -0.2) is 118 Å². The number of aryl methyl sites for hydroxylation is 1. The zero-order valence-corrected chi connectivity index (χ0v) is 31.3. The Hall–Kier alpha value is -4.50. The Morgan fingerprint density at radius 2 is 1.81 bits per heavy atom. The third-order valence-electron chi connectivity index (χ3n) is 10.7. The molecule has 0 aliphatic carbocycles. The molecule has 0 radical (unpaired) electrons. The molecule has 4 heterocycles. The Balaban J connectivity index is 1.04. The Morgan fingerprint density at radius 1 is 1.09 bits per heavy atom. The van der Waals surface area contributed by atoms with Gasteiger partial charge in [0.15, 0.2) is 17.5 Å². The maximum atomic E-state index is 15.3. The number of nitrogens with zero attached hydrogens (tertiary/aromatic N) is 6. The number of rotatable bonds is 14. The van der Waals surface area contributed by atoms with Crippen LogP contribution in [0.2, 0.25) is 5.02 Å². The Kier molecular flexibility index (Phi) is 11.7. The van der Waals surface area contributed by atoms with E-state index in [1.165, 1.54) is 42.2 Å². The topological polar surface area (TPSA) is 131 Å². The van der Waals surface area contributed by atoms with Crippen molar-refractivity contribution in [1.82, 2.24) is 39.8 Å². The maximum Gasteiger partial charge on any atom is 0.291 e. The molecular formula is C38H46ClF2N9O3. The van der Waals surface area contributed by atoms with Gasteiger partial charge in [0, 0.05) is 93.4 Å². The van der Waals surface area contributed by atoms with E-state index in [4.69, 9.17) is 11.6 Å². The predicted molar refractivity (Wildman–Crippen MR) is 200 cm³/mol. The summed E-state index contributed by atoms with van der Waals surface area (Å²) in [6.45, 7) is 10.7. The first-order valence-corrected chi connectivity index (χ1v) is 18.3. The van der Waals surface area contributed by atoms with Crippen molar-refractivity contribution < 1.29 is 23.2 Å². The fourth-order valence-electron chi connectivity index (χ4n) is 7.11. The third kappa shape index (κ3) is 8.20. The van der Waals surface area contributed by atoms with Crippen LogP contribution in [-0.2, 0) is 11.8 Å². The number of carbonyl (C=O) groups is 3. The van der Waals surface area contributed by atoms with Crippen LogP contribution < -0.4 is 10.6 Å². The fraction of sp³-hybridized carbons (Fsp3) is 0.447. The number of imidazole rings is 1. The molecule has 1 unspecified atom stereocenters. The lowest BCUT2D eigenvalue weighted by Gasteiger charge is -2.40. The van der Waals surface area contributed by atoms with Crippen molar-refractivity contribution in [3.63, 3.8) is 0 Å². The molecule has 53 heavy (non-hydrogen) atoms. The Labute approximate surface area is 312 Å². The first-order valence-electron chi connectivity index (χ1n) is 17.9. The van der Waals surface area contributed by atoms with Crippen molar-refractivity contribution in [2.24, 2.45) is 18.4 Å². The molecule has 282 valence electrons. The van der Waals surface area contributed by atoms with E-state index in [0.717, 1.165) is 45.3 Å². The number of piperazine rings is 1. The van der Waals surface area contributed by atoms with Gasteiger partial charge in [0.2, 0.25) is 0 Å². The summed E-state index contributed by atoms with van der Waals surface area (Å²) < 4.78 is 31.8. The number of benzene rings is 2. The Bertz CT molecular complexity index is 1970. The molecule has 3 N–H and O–H groups in total. The third-order valence-corrected chi connectivity index (χ3v) is 11.0. The zero-order valence-electron chi connectivity index (χ0n) is 30.5. The van der Waals surface area contributed by atoms with E-state index in [1.807, 2.05) is 0 Å². The van der Waals surface area contributed by atoms with Crippen molar-refractivity contribution in [3.05, 3.63) is 76.5 Å². The van der Waals surface area contributed by atoms with Crippen molar-refractivity contribution in [3.8, 4) is 22.4 Å². The highest BCUT2D eigenvalue weighted by Gasteiger charge is 2.33. The summed E-state index contributed by atoms with van der Waals surface area (Å²) in [7, 11) is 3.65. The van der Waals surface area contributed by atoms with Crippen LogP contribution in [0.3, 0.4) is 0 Å². The second-order valence-corrected chi connectivity index (χ2v) is 14.7. The average Bonchev–Trinajstić information content (AvgIpc) is 3.74. The van der Waals surface area contributed by atoms with Crippen LogP contribution in [0.15, 0.2) is 42.7 Å². The van der Waals surface area contributed by atoms with Gasteiger partial charge in [-0.25, -0.2) is 13.8 Å². The lowest BCUT2D eigenvalue weighted by Crippen LogP contribution is -2.52. The number of hydrogen-bond donors (Lipinski definition) is 3. The fourth-order valence-corrected chi connectivity index (χ4v) is 7.37. The van der Waals surface area contributed by atoms with Gasteiger partial charge in [-0.15, -0.1) is 0 Å². The van der Waals surface area contributed by atoms with Crippen molar-refractivity contribution >= 4 is 35.4 Å². The largest absolute Gasteiger partial charge is 0.336 e. The highest BCUT2D eigenvalue weighted by atomic mass is 35.5. The van der Waals surface area contributed by atoms with E-state index >= 15 is 8.78 Å². The first-order chi connectivity index (χ1) is 25.4. The molecule has 0 saturated carbocycles. The second kappa shape index (κ2) is 16.3. The quantitative estimate of drug-likeness (QED) is 0.156. The van der Waals surface area contributed by atoms with Gasteiger partial charge in [0.05, 0.1) is 28.2 Å². The highest BCUT2D eigenvalue weighted by Crippen LogP contribution is 2.33. The monoisotopic (exact) mass is 749 g/mol. The van der Waals surface area contributed by atoms with Crippen LogP contribution in [0.5, 0.6) is 0 Å². The summed E-state index contributed by atoms with van der Waals surface area (Å²) in [5, 5.41) is 12.8. The number of nitrogens with one attached hydrogen (secondary N) is 3. The molecule has 2 aliphatic heterocycles. The normalized spacial score (nSPS) is 16.4.